The highest BCUT2D eigenvalue weighted by atomic mass is 16.5. The summed E-state index contributed by atoms with van der Waals surface area (Å²) in [7, 11) is 3.37. The number of aromatic nitrogens is 2. The van der Waals surface area contributed by atoms with Gasteiger partial charge in [0, 0.05) is 30.9 Å². The van der Waals surface area contributed by atoms with Crippen molar-refractivity contribution < 1.29 is 14.3 Å². The van der Waals surface area contributed by atoms with Gasteiger partial charge >= 0.3 is 0 Å². The maximum Gasteiger partial charge on any atom is 0.255 e. The molecule has 0 aliphatic carbocycles. The second kappa shape index (κ2) is 6.64. The second-order valence-corrected chi connectivity index (χ2v) is 5.58. The van der Waals surface area contributed by atoms with E-state index in [4.69, 9.17) is 4.74 Å². The number of carbonyl (C=O) groups excluding carboxylic acids is 2. The van der Waals surface area contributed by atoms with Crippen molar-refractivity contribution in [2.75, 3.05) is 17.7 Å². The highest BCUT2D eigenvalue weighted by Gasteiger charge is 2.13. The molecule has 0 radical (unpaired) electrons. The molecule has 0 bridgehead atoms. The van der Waals surface area contributed by atoms with Crippen LogP contribution in [0.4, 0.5) is 11.4 Å². The molecule has 2 amide bonds. The molecule has 25 heavy (non-hydrogen) atoms. The molecule has 0 aliphatic rings. The minimum atomic E-state index is -0.258. The summed E-state index contributed by atoms with van der Waals surface area (Å²) in [4.78, 5) is 23.6. The van der Waals surface area contributed by atoms with Gasteiger partial charge in [-0.25, -0.2) is 4.68 Å². The van der Waals surface area contributed by atoms with Crippen LogP contribution in [0.5, 0.6) is 5.88 Å². The molecule has 0 spiro atoms. The van der Waals surface area contributed by atoms with E-state index < -0.39 is 0 Å². The summed E-state index contributed by atoms with van der Waals surface area (Å²) in [5.74, 6) is 0.217. The molecule has 1 aromatic heterocycles. The van der Waals surface area contributed by atoms with Gasteiger partial charge in [-0.2, -0.15) is 5.10 Å². The molecule has 0 fully saturated rings. The van der Waals surface area contributed by atoms with E-state index in [9.17, 15) is 9.59 Å². The van der Waals surface area contributed by atoms with Crippen LogP contribution in [0.25, 0.3) is 10.9 Å². The van der Waals surface area contributed by atoms with E-state index in [0.717, 1.165) is 5.39 Å². The molecule has 3 aromatic rings. The fraction of sp³-hybridized carbons (Fsp3) is 0.167. The standard InChI is InChI=1S/C18H18N4O3/c1-11(23)19-13-5-4-6-14(10-13)20-17(24)12-7-8-15-16(9-12)21-22(2)18(15)25-3/h4-10H,1-3H3,(H,19,23)(H,20,24). The number of hydrogen-bond acceptors (Lipinski definition) is 4. The third-order valence-electron chi connectivity index (χ3n) is 3.68. The molecule has 0 saturated heterocycles. The van der Waals surface area contributed by atoms with Gasteiger partial charge in [-0.1, -0.05) is 6.07 Å². The van der Waals surface area contributed by atoms with E-state index in [-0.39, 0.29) is 11.8 Å². The van der Waals surface area contributed by atoms with Crippen molar-refractivity contribution in [3.8, 4) is 5.88 Å². The molecule has 2 aromatic carbocycles. The largest absolute Gasteiger partial charge is 0.481 e. The van der Waals surface area contributed by atoms with Gasteiger partial charge in [0.25, 0.3) is 5.91 Å². The second-order valence-electron chi connectivity index (χ2n) is 5.58. The highest BCUT2D eigenvalue weighted by molar-refractivity contribution is 6.06. The normalized spacial score (nSPS) is 10.5. The minimum absolute atomic E-state index is 0.168. The van der Waals surface area contributed by atoms with Crippen molar-refractivity contribution in [2.45, 2.75) is 6.92 Å². The van der Waals surface area contributed by atoms with Crippen molar-refractivity contribution in [3.05, 3.63) is 48.0 Å². The summed E-state index contributed by atoms with van der Waals surface area (Å²) in [6, 6.07) is 12.2. The fourth-order valence-electron chi connectivity index (χ4n) is 2.64. The van der Waals surface area contributed by atoms with Crippen molar-refractivity contribution in [1.82, 2.24) is 9.78 Å². The van der Waals surface area contributed by atoms with Crippen LogP contribution in [-0.2, 0) is 11.8 Å². The molecule has 0 unspecified atom stereocenters. The van der Waals surface area contributed by atoms with E-state index >= 15 is 0 Å². The van der Waals surface area contributed by atoms with Gasteiger partial charge in [0.2, 0.25) is 11.8 Å². The number of aryl methyl sites for hydroxylation is 1. The first kappa shape index (κ1) is 16.5. The Morgan fingerprint density at radius 2 is 1.80 bits per heavy atom. The van der Waals surface area contributed by atoms with Crippen molar-refractivity contribution >= 4 is 34.1 Å². The number of amides is 2. The van der Waals surface area contributed by atoms with Crippen molar-refractivity contribution in [3.63, 3.8) is 0 Å². The molecule has 128 valence electrons. The van der Waals surface area contributed by atoms with E-state index in [1.807, 2.05) is 6.07 Å². The van der Waals surface area contributed by atoms with Crippen LogP contribution in [0, 0.1) is 0 Å². The number of carbonyl (C=O) groups is 2. The molecule has 0 saturated carbocycles. The smallest absolute Gasteiger partial charge is 0.255 e. The van der Waals surface area contributed by atoms with Crippen LogP contribution in [-0.4, -0.2) is 28.7 Å². The summed E-state index contributed by atoms with van der Waals surface area (Å²) in [6.45, 7) is 1.43. The number of rotatable bonds is 4. The zero-order valence-electron chi connectivity index (χ0n) is 14.2. The number of anilines is 2. The Balaban J connectivity index is 1.84. The third kappa shape index (κ3) is 3.45. The molecule has 0 atom stereocenters. The maximum atomic E-state index is 12.5. The SMILES string of the molecule is COc1c2ccc(C(=O)Nc3cccc(NC(C)=O)c3)cc2nn1C. The van der Waals surface area contributed by atoms with Crippen LogP contribution in [0.15, 0.2) is 42.5 Å². The topological polar surface area (TPSA) is 85.2 Å². The van der Waals surface area contributed by atoms with Gasteiger partial charge < -0.3 is 15.4 Å². The average Bonchev–Trinajstić information content (AvgIpc) is 2.88. The Kier molecular flexibility index (Phi) is 4.38. The average molecular weight is 338 g/mol. The zero-order valence-corrected chi connectivity index (χ0v) is 14.2. The lowest BCUT2D eigenvalue weighted by Gasteiger charge is -2.08. The van der Waals surface area contributed by atoms with Gasteiger partial charge in [-0.05, 0) is 36.4 Å². The molecule has 0 aliphatic heterocycles. The van der Waals surface area contributed by atoms with Crippen LogP contribution in [0.3, 0.4) is 0 Å². The molecular formula is C18H18N4O3. The van der Waals surface area contributed by atoms with E-state index in [1.165, 1.54) is 6.92 Å². The molecule has 2 N–H and O–H groups in total. The summed E-state index contributed by atoms with van der Waals surface area (Å²) < 4.78 is 6.93. The Morgan fingerprint density at radius 1 is 1.08 bits per heavy atom. The summed E-state index contributed by atoms with van der Waals surface area (Å²) in [5.41, 5.74) is 2.38. The minimum Gasteiger partial charge on any atom is -0.481 e. The quantitative estimate of drug-likeness (QED) is 0.766. The first-order valence-corrected chi connectivity index (χ1v) is 7.67. The van der Waals surface area contributed by atoms with Crippen LogP contribution in [0.1, 0.15) is 17.3 Å². The Hall–Kier alpha value is -3.35. The number of nitrogens with one attached hydrogen (secondary N) is 2. The predicted molar refractivity (Wildman–Crippen MR) is 96.0 cm³/mol. The Bertz CT molecular complexity index is 962. The van der Waals surface area contributed by atoms with Gasteiger partial charge in [-0.3, -0.25) is 9.59 Å². The summed E-state index contributed by atoms with van der Waals surface area (Å²) >= 11 is 0. The summed E-state index contributed by atoms with van der Waals surface area (Å²) in [5, 5.41) is 10.7. The fourth-order valence-corrected chi connectivity index (χ4v) is 2.64. The number of ether oxygens (including phenoxy) is 1. The number of methoxy groups -OCH3 is 1. The van der Waals surface area contributed by atoms with Gasteiger partial charge in [0.05, 0.1) is 18.0 Å². The maximum absolute atomic E-state index is 12.5. The van der Waals surface area contributed by atoms with E-state index in [1.54, 1.807) is 55.2 Å². The lowest BCUT2D eigenvalue weighted by molar-refractivity contribution is -0.114. The molecule has 7 heteroatoms. The highest BCUT2D eigenvalue weighted by Crippen LogP contribution is 2.25. The van der Waals surface area contributed by atoms with Gasteiger partial charge in [-0.15, -0.1) is 0 Å². The summed E-state index contributed by atoms with van der Waals surface area (Å²) in [6.07, 6.45) is 0. The Labute approximate surface area is 144 Å². The first-order valence-electron chi connectivity index (χ1n) is 7.67. The third-order valence-corrected chi connectivity index (χ3v) is 3.68. The first-order chi connectivity index (χ1) is 12.0. The van der Waals surface area contributed by atoms with Crippen LogP contribution in [0.2, 0.25) is 0 Å². The number of hydrogen-bond donors (Lipinski definition) is 2. The van der Waals surface area contributed by atoms with Gasteiger partial charge in [0.1, 0.15) is 0 Å². The Morgan fingerprint density at radius 3 is 2.48 bits per heavy atom. The number of nitrogens with zero attached hydrogens (tertiary/aromatic N) is 2. The van der Waals surface area contributed by atoms with Crippen molar-refractivity contribution in [2.24, 2.45) is 7.05 Å². The molecular weight excluding hydrogens is 320 g/mol. The lowest BCUT2D eigenvalue weighted by Crippen LogP contribution is -2.12. The zero-order chi connectivity index (χ0) is 18.0. The lowest BCUT2D eigenvalue weighted by atomic mass is 10.1. The monoisotopic (exact) mass is 338 g/mol. The van der Waals surface area contributed by atoms with Crippen LogP contribution >= 0.6 is 0 Å². The van der Waals surface area contributed by atoms with Crippen molar-refractivity contribution in [1.29, 1.82) is 0 Å². The molecule has 7 nitrogen and oxygen atoms in total. The number of fused-ring (bicyclic) bond motifs is 1. The molecule has 1 heterocycles. The van der Waals surface area contributed by atoms with Gasteiger partial charge in [0.15, 0.2) is 0 Å². The number of benzene rings is 2. The van der Waals surface area contributed by atoms with Crippen LogP contribution < -0.4 is 15.4 Å². The van der Waals surface area contributed by atoms with E-state index in [2.05, 4.69) is 15.7 Å². The van der Waals surface area contributed by atoms with E-state index in [0.29, 0.717) is 28.3 Å². The molecule has 3 rings (SSSR count). The predicted octanol–water partition coefficient (Wildman–Crippen LogP) is 2.79.